The normalized spacial score (nSPS) is 17.0. The lowest BCUT2D eigenvalue weighted by atomic mass is 10.2. The van der Waals surface area contributed by atoms with Gasteiger partial charge in [0.05, 0.1) is 0 Å². The number of hydrogen-bond donors (Lipinski definition) is 1. The first-order valence-corrected chi connectivity index (χ1v) is 8.08. The summed E-state index contributed by atoms with van der Waals surface area (Å²) >= 11 is 6.11. The molecule has 0 radical (unpaired) electrons. The number of nitrogens with two attached hydrogens (primary N) is 1. The maximum absolute atomic E-state index is 6.11. The molecule has 1 aliphatic rings. The highest BCUT2D eigenvalue weighted by atomic mass is 35.5. The number of hydrogen-bond acceptors (Lipinski definition) is 6. The van der Waals surface area contributed by atoms with Gasteiger partial charge in [0.1, 0.15) is 11.1 Å². The quantitative estimate of drug-likeness (QED) is 0.739. The Morgan fingerprint density at radius 2 is 2.04 bits per heavy atom. The zero-order valence-corrected chi connectivity index (χ0v) is 13.7. The molecule has 1 aromatic carbocycles. The number of halogens is 1. The van der Waals surface area contributed by atoms with E-state index in [1.165, 1.54) is 0 Å². The Bertz CT molecular complexity index is 878. The van der Waals surface area contributed by atoms with Gasteiger partial charge in [-0.15, -0.1) is 0 Å². The Morgan fingerprint density at radius 3 is 2.91 bits per heavy atom. The van der Waals surface area contributed by atoms with E-state index in [1.54, 1.807) is 0 Å². The molecule has 2 N–H and O–H groups in total. The van der Waals surface area contributed by atoms with Gasteiger partial charge in [-0.1, -0.05) is 11.6 Å². The van der Waals surface area contributed by atoms with Crippen LogP contribution in [0.5, 0.6) is 0 Å². The zero-order chi connectivity index (χ0) is 16.0. The van der Waals surface area contributed by atoms with Gasteiger partial charge in [-0.25, -0.2) is 4.98 Å². The summed E-state index contributed by atoms with van der Waals surface area (Å²) in [6, 6.07) is 5.52. The highest BCUT2D eigenvalue weighted by Crippen LogP contribution is 2.34. The van der Waals surface area contributed by atoms with E-state index in [-0.39, 0.29) is 5.95 Å². The SMILES string of the molecule is CN1CCCN(c2nc(N)nc3c2oc2ccc(Cl)cc23)CC1. The molecule has 1 fully saturated rings. The van der Waals surface area contributed by atoms with Crippen LogP contribution in [0, 0.1) is 0 Å². The van der Waals surface area contributed by atoms with E-state index in [1.807, 2.05) is 18.2 Å². The first-order chi connectivity index (χ1) is 11.1. The molecule has 120 valence electrons. The van der Waals surface area contributed by atoms with Crippen LogP contribution in [0.2, 0.25) is 5.02 Å². The van der Waals surface area contributed by atoms with Crippen LogP contribution in [0.25, 0.3) is 22.1 Å². The molecule has 0 amide bonds. The van der Waals surface area contributed by atoms with Crippen molar-refractivity contribution in [3.63, 3.8) is 0 Å². The van der Waals surface area contributed by atoms with Crippen LogP contribution >= 0.6 is 11.6 Å². The highest BCUT2D eigenvalue weighted by Gasteiger charge is 2.21. The van der Waals surface area contributed by atoms with E-state index in [9.17, 15) is 0 Å². The van der Waals surface area contributed by atoms with Crippen molar-refractivity contribution in [3.05, 3.63) is 23.2 Å². The zero-order valence-electron chi connectivity index (χ0n) is 12.9. The van der Waals surface area contributed by atoms with Gasteiger partial charge in [0, 0.05) is 30.0 Å². The third-order valence-electron chi connectivity index (χ3n) is 4.29. The van der Waals surface area contributed by atoms with Crippen LogP contribution in [0.1, 0.15) is 6.42 Å². The smallest absolute Gasteiger partial charge is 0.222 e. The summed E-state index contributed by atoms with van der Waals surface area (Å²) < 4.78 is 6.02. The molecule has 4 rings (SSSR count). The lowest BCUT2D eigenvalue weighted by Crippen LogP contribution is -2.29. The summed E-state index contributed by atoms with van der Waals surface area (Å²) in [6.07, 6.45) is 1.08. The van der Waals surface area contributed by atoms with Crippen molar-refractivity contribution in [2.45, 2.75) is 6.42 Å². The molecule has 2 aromatic heterocycles. The Balaban J connectivity index is 1.90. The van der Waals surface area contributed by atoms with Crippen LogP contribution in [0.4, 0.5) is 11.8 Å². The molecule has 6 nitrogen and oxygen atoms in total. The largest absolute Gasteiger partial charge is 0.450 e. The Kier molecular flexibility index (Phi) is 3.50. The number of anilines is 2. The number of fused-ring (bicyclic) bond motifs is 3. The molecule has 23 heavy (non-hydrogen) atoms. The van der Waals surface area contributed by atoms with Crippen molar-refractivity contribution in [2.75, 3.05) is 43.9 Å². The fourth-order valence-corrected chi connectivity index (χ4v) is 3.26. The second kappa shape index (κ2) is 5.54. The molecule has 3 heterocycles. The van der Waals surface area contributed by atoms with Crippen LogP contribution in [-0.2, 0) is 0 Å². The van der Waals surface area contributed by atoms with Gasteiger partial charge < -0.3 is 20.0 Å². The van der Waals surface area contributed by atoms with Gasteiger partial charge in [-0.2, -0.15) is 4.98 Å². The fraction of sp³-hybridized carbons (Fsp3) is 0.375. The van der Waals surface area contributed by atoms with Crippen molar-refractivity contribution in [3.8, 4) is 0 Å². The van der Waals surface area contributed by atoms with E-state index in [4.69, 9.17) is 21.8 Å². The number of rotatable bonds is 1. The van der Waals surface area contributed by atoms with E-state index < -0.39 is 0 Å². The highest BCUT2D eigenvalue weighted by molar-refractivity contribution is 6.31. The van der Waals surface area contributed by atoms with Crippen LogP contribution < -0.4 is 10.6 Å². The minimum atomic E-state index is 0.257. The van der Waals surface area contributed by atoms with Crippen molar-refractivity contribution in [1.29, 1.82) is 0 Å². The predicted molar refractivity (Wildman–Crippen MR) is 93.1 cm³/mol. The lowest BCUT2D eigenvalue weighted by Gasteiger charge is -2.21. The molecule has 0 aliphatic carbocycles. The van der Waals surface area contributed by atoms with E-state index in [2.05, 4.69) is 26.8 Å². The summed E-state index contributed by atoms with van der Waals surface area (Å²) in [4.78, 5) is 13.4. The number of nitrogens with zero attached hydrogens (tertiary/aromatic N) is 4. The molecule has 0 bridgehead atoms. The lowest BCUT2D eigenvalue weighted by molar-refractivity contribution is 0.360. The average Bonchev–Trinajstić information content (AvgIpc) is 2.73. The minimum absolute atomic E-state index is 0.257. The molecule has 0 spiro atoms. The summed E-state index contributed by atoms with van der Waals surface area (Å²) in [6.45, 7) is 3.88. The third-order valence-corrected chi connectivity index (χ3v) is 4.53. The second-order valence-corrected chi connectivity index (χ2v) is 6.41. The topological polar surface area (TPSA) is 71.4 Å². The number of aromatic nitrogens is 2. The minimum Gasteiger partial charge on any atom is -0.450 e. The molecule has 0 saturated carbocycles. The molecule has 1 saturated heterocycles. The molecule has 1 aliphatic heterocycles. The monoisotopic (exact) mass is 331 g/mol. The van der Waals surface area contributed by atoms with Crippen molar-refractivity contribution >= 4 is 45.4 Å². The summed E-state index contributed by atoms with van der Waals surface area (Å²) in [7, 11) is 2.14. The summed E-state index contributed by atoms with van der Waals surface area (Å²) in [5.74, 6) is 1.03. The van der Waals surface area contributed by atoms with Crippen LogP contribution in [0.15, 0.2) is 22.6 Å². The molecule has 7 heteroatoms. The van der Waals surface area contributed by atoms with E-state index in [0.29, 0.717) is 10.6 Å². The first kappa shape index (κ1) is 14.5. The maximum atomic E-state index is 6.11. The number of nitrogen functional groups attached to an aromatic ring is 1. The molecular weight excluding hydrogens is 314 g/mol. The van der Waals surface area contributed by atoms with Gasteiger partial charge in [0.15, 0.2) is 11.4 Å². The first-order valence-electron chi connectivity index (χ1n) is 7.70. The van der Waals surface area contributed by atoms with Gasteiger partial charge >= 0.3 is 0 Å². The molecule has 0 unspecified atom stereocenters. The van der Waals surface area contributed by atoms with Crippen molar-refractivity contribution in [2.24, 2.45) is 0 Å². The van der Waals surface area contributed by atoms with Crippen LogP contribution in [-0.4, -0.2) is 48.1 Å². The average molecular weight is 332 g/mol. The summed E-state index contributed by atoms with van der Waals surface area (Å²) in [5.41, 5.74) is 8.11. The van der Waals surface area contributed by atoms with Gasteiger partial charge in [-0.05, 0) is 38.2 Å². The standard InChI is InChI=1S/C16H18ClN5O/c1-21-5-2-6-22(8-7-21)15-14-13(19-16(18)20-15)11-9-10(17)3-4-12(11)23-14/h3-4,9H,2,5-8H2,1H3,(H2,18,19,20). The third kappa shape index (κ3) is 2.58. The number of benzene rings is 1. The van der Waals surface area contributed by atoms with Crippen LogP contribution in [0.3, 0.4) is 0 Å². The van der Waals surface area contributed by atoms with E-state index in [0.717, 1.165) is 54.9 Å². The maximum Gasteiger partial charge on any atom is 0.222 e. The Hall–Kier alpha value is -2.05. The summed E-state index contributed by atoms with van der Waals surface area (Å²) in [5, 5.41) is 1.52. The number of likely N-dealkylation sites (N-methyl/N-ethyl adjacent to an activating group) is 1. The predicted octanol–water partition coefficient (Wildman–Crippen LogP) is 2.75. The Morgan fingerprint density at radius 1 is 1.17 bits per heavy atom. The fourth-order valence-electron chi connectivity index (χ4n) is 3.09. The van der Waals surface area contributed by atoms with Gasteiger partial charge in [-0.3, -0.25) is 0 Å². The van der Waals surface area contributed by atoms with Crippen molar-refractivity contribution in [1.82, 2.24) is 14.9 Å². The molecular formula is C16H18ClN5O. The van der Waals surface area contributed by atoms with Gasteiger partial charge in [0.2, 0.25) is 5.95 Å². The van der Waals surface area contributed by atoms with Gasteiger partial charge in [0.25, 0.3) is 0 Å². The second-order valence-electron chi connectivity index (χ2n) is 5.97. The Labute approximate surface area is 138 Å². The van der Waals surface area contributed by atoms with E-state index >= 15 is 0 Å². The van der Waals surface area contributed by atoms with Crippen molar-refractivity contribution < 1.29 is 4.42 Å². The molecule has 0 atom stereocenters. The number of furan rings is 1. The molecule has 3 aromatic rings.